The third kappa shape index (κ3) is 1.43. The molecule has 0 atom stereocenters. The average molecular weight is 173 g/mol. The number of aromatic nitrogens is 1. The van der Waals surface area contributed by atoms with Crippen molar-refractivity contribution >= 4 is 0 Å². The molecule has 0 amide bonds. The Morgan fingerprint density at radius 3 is 2.38 bits per heavy atom. The van der Waals surface area contributed by atoms with E-state index >= 15 is 0 Å². The van der Waals surface area contributed by atoms with Gasteiger partial charge in [-0.15, -0.1) is 0 Å². The van der Waals surface area contributed by atoms with Crippen molar-refractivity contribution in [1.29, 1.82) is 0 Å². The zero-order chi connectivity index (χ0) is 9.26. The summed E-state index contributed by atoms with van der Waals surface area (Å²) >= 11 is 0. The van der Waals surface area contributed by atoms with Crippen LogP contribution in [0.15, 0.2) is 42.6 Å². The van der Waals surface area contributed by atoms with Crippen LogP contribution in [0.25, 0.3) is 5.69 Å². The van der Waals surface area contributed by atoms with Crippen LogP contribution < -0.4 is 0 Å². The molecule has 0 fully saturated rings. The minimum absolute atomic E-state index is 0.307. The zero-order valence-electron chi connectivity index (χ0n) is 7.44. The third-order valence-corrected chi connectivity index (χ3v) is 2.03. The standard InChI is InChI=1S/C11H11NO/c1-9-7-11(13)8-12(9)10-5-3-2-4-6-10/h2-8,13H,1H3. The summed E-state index contributed by atoms with van der Waals surface area (Å²) < 4.78 is 1.95. The zero-order valence-corrected chi connectivity index (χ0v) is 7.44. The van der Waals surface area contributed by atoms with Gasteiger partial charge in [0.1, 0.15) is 5.75 Å². The van der Waals surface area contributed by atoms with E-state index < -0.39 is 0 Å². The molecule has 0 aliphatic carbocycles. The van der Waals surface area contributed by atoms with Gasteiger partial charge in [-0.2, -0.15) is 0 Å². The van der Waals surface area contributed by atoms with E-state index in [1.165, 1.54) is 0 Å². The third-order valence-electron chi connectivity index (χ3n) is 2.03. The smallest absolute Gasteiger partial charge is 0.133 e. The lowest BCUT2D eigenvalue weighted by Gasteiger charge is -2.03. The van der Waals surface area contributed by atoms with Crippen molar-refractivity contribution in [2.75, 3.05) is 0 Å². The van der Waals surface area contributed by atoms with E-state index in [0.717, 1.165) is 11.4 Å². The predicted molar refractivity (Wildman–Crippen MR) is 52.2 cm³/mol. The number of benzene rings is 1. The number of nitrogens with zero attached hydrogens (tertiary/aromatic N) is 1. The van der Waals surface area contributed by atoms with E-state index in [1.807, 2.05) is 41.8 Å². The van der Waals surface area contributed by atoms with Crippen molar-refractivity contribution in [2.45, 2.75) is 6.92 Å². The molecule has 2 heteroatoms. The molecule has 0 bridgehead atoms. The van der Waals surface area contributed by atoms with Gasteiger partial charge < -0.3 is 9.67 Å². The first-order chi connectivity index (χ1) is 6.27. The summed E-state index contributed by atoms with van der Waals surface area (Å²) in [7, 11) is 0. The minimum atomic E-state index is 0.307. The van der Waals surface area contributed by atoms with Crippen molar-refractivity contribution in [3.05, 3.63) is 48.3 Å². The fourth-order valence-electron chi connectivity index (χ4n) is 1.42. The molecule has 2 aromatic rings. The monoisotopic (exact) mass is 173 g/mol. The Kier molecular flexibility index (Phi) is 1.81. The van der Waals surface area contributed by atoms with Gasteiger partial charge in [0.25, 0.3) is 0 Å². The summed E-state index contributed by atoms with van der Waals surface area (Å²) in [5.74, 6) is 0.307. The van der Waals surface area contributed by atoms with E-state index in [0.29, 0.717) is 5.75 Å². The number of aromatic hydroxyl groups is 1. The molecular weight excluding hydrogens is 162 g/mol. The summed E-state index contributed by atoms with van der Waals surface area (Å²) in [4.78, 5) is 0. The fraction of sp³-hybridized carbons (Fsp3) is 0.0909. The molecule has 0 unspecified atom stereocenters. The molecule has 2 rings (SSSR count). The summed E-state index contributed by atoms with van der Waals surface area (Å²) in [6, 6.07) is 11.7. The normalized spacial score (nSPS) is 10.2. The molecule has 0 aliphatic rings. The van der Waals surface area contributed by atoms with E-state index in [2.05, 4.69) is 0 Å². The van der Waals surface area contributed by atoms with Gasteiger partial charge in [-0.25, -0.2) is 0 Å². The molecule has 0 saturated carbocycles. The lowest BCUT2D eigenvalue weighted by molar-refractivity contribution is 0.475. The SMILES string of the molecule is Cc1cc(O)cn1-c1ccccc1. The molecular formula is C11H11NO. The maximum Gasteiger partial charge on any atom is 0.133 e. The van der Waals surface area contributed by atoms with Gasteiger partial charge in [-0.3, -0.25) is 0 Å². The van der Waals surface area contributed by atoms with E-state index in [4.69, 9.17) is 0 Å². The summed E-state index contributed by atoms with van der Waals surface area (Å²) in [6.07, 6.45) is 1.71. The molecule has 1 aromatic heterocycles. The van der Waals surface area contributed by atoms with Crippen molar-refractivity contribution in [1.82, 2.24) is 4.57 Å². The van der Waals surface area contributed by atoms with E-state index in [9.17, 15) is 5.11 Å². The van der Waals surface area contributed by atoms with Gasteiger partial charge in [0.05, 0.1) is 6.20 Å². The van der Waals surface area contributed by atoms with Crippen LogP contribution in [-0.4, -0.2) is 9.67 Å². The summed E-state index contributed by atoms with van der Waals surface area (Å²) in [5.41, 5.74) is 2.10. The average Bonchev–Trinajstić information content (AvgIpc) is 2.47. The molecule has 2 nitrogen and oxygen atoms in total. The number of hydrogen-bond acceptors (Lipinski definition) is 1. The molecule has 0 saturated heterocycles. The maximum atomic E-state index is 9.27. The van der Waals surface area contributed by atoms with Crippen LogP contribution in [0.5, 0.6) is 5.75 Å². The Balaban J connectivity index is 2.53. The van der Waals surface area contributed by atoms with E-state index in [1.54, 1.807) is 12.3 Å². The van der Waals surface area contributed by atoms with Crippen molar-refractivity contribution in [3.63, 3.8) is 0 Å². The van der Waals surface area contributed by atoms with Crippen molar-refractivity contribution < 1.29 is 5.11 Å². The van der Waals surface area contributed by atoms with Crippen LogP contribution in [0.4, 0.5) is 0 Å². The number of para-hydroxylation sites is 1. The van der Waals surface area contributed by atoms with Gasteiger partial charge in [0, 0.05) is 17.4 Å². The highest BCUT2D eigenvalue weighted by Gasteiger charge is 2.01. The molecule has 1 N–H and O–H groups in total. The maximum absolute atomic E-state index is 9.27. The van der Waals surface area contributed by atoms with Crippen LogP contribution in [0.1, 0.15) is 5.69 Å². The lowest BCUT2D eigenvalue weighted by Crippen LogP contribution is -1.92. The molecule has 0 radical (unpaired) electrons. The Morgan fingerprint density at radius 1 is 1.15 bits per heavy atom. The lowest BCUT2D eigenvalue weighted by atomic mass is 10.3. The highest BCUT2D eigenvalue weighted by Crippen LogP contribution is 2.18. The second kappa shape index (κ2) is 2.98. The predicted octanol–water partition coefficient (Wildman–Crippen LogP) is 2.49. The van der Waals surface area contributed by atoms with Gasteiger partial charge in [-0.05, 0) is 19.1 Å². The Hall–Kier alpha value is -1.70. The molecule has 1 heterocycles. The molecule has 66 valence electrons. The Morgan fingerprint density at radius 2 is 1.85 bits per heavy atom. The number of hydrogen-bond donors (Lipinski definition) is 1. The minimum Gasteiger partial charge on any atom is -0.506 e. The number of aryl methyl sites for hydroxylation is 1. The molecule has 13 heavy (non-hydrogen) atoms. The fourth-order valence-corrected chi connectivity index (χ4v) is 1.42. The van der Waals surface area contributed by atoms with Gasteiger partial charge >= 0.3 is 0 Å². The quantitative estimate of drug-likeness (QED) is 0.704. The number of rotatable bonds is 1. The Labute approximate surface area is 77.1 Å². The highest BCUT2D eigenvalue weighted by molar-refractivity contribution is 5.37. The summed E-state index contributed by atoms with van der Waals surface area (Å²) in [6.45, 7) is 1.96. The Bertz CT molecular complexity index is 403. The first kappa shape index (κ1) is 7.92. The van der Waals surface area contributed by atoms with Crippen molar-refractivity contribution in [2.24, 2.45) is 0 Å². The van der Waals surface area contributed by atoms with Gasteiger partial charge in [0.2, 0.25) is 0 Å². The van der Waals surface area contributed by atoms with Crippen LogP contribution in [0.3, 0.4) is 0 Å². The van der Waals surface area contributed by atoms with Crippen LogP contribution in [0, 0.1) is 6.92 Å². The van der Waals surface area contributed by atoms with Crippen LogP contribution >= 0.6 is 0 Å². The van der Waals surface area contributed by atoms with Crippen LogP contribution in [0.2, 0.25) is 0 Å². The van der Waals surface area contributed by atoms with Crippen LogP contribution in [-0.2, 0) is 0 Å². The largest absolute Gasteiger partial charge is 0.506 e. The van der Waals surface area contributed by atoms with Crippen molar-refractivity contribution in [3.8, 4) is 11.4 Å². The second-order valence-corrected chi connectivity index (χ2v) is 3.05. The highest BCUT2D eigenvalue weighted by atomic mass is 16.3. The van der Waals surface area contributed by atoms with Gasteiger partial charge in [0.15, 0.2) is 0 Å². The molecule has 0 spiro atoms. The second-order valence-electron chi connectivity index (χ2n) is 3.05. The van der Waals surface area contributed by atoms with Gasteiger partial charge in [-0.1, -0.05) is 18.2 Å². The molecule has 0 aliphatic heterocycles. The summed E-state index contributed by atoms with van der Waals surface area (Å²) in [5, 5.41) is 9.27. The topological polar surface area (TPSA) is 25.2 Å². The first-order valence-corrected chi connectivity index (χ1v) is 4.21. The molecule has 1 aromatic carbocycles. The first-order valence-electron chi connectivity index (χ1n) is 4.21. The van der Waals surface area contributed by atoms with E-state index in [-0.39, 0.29) is 0 Å².